The van der Waals surface area contributed by atoms with Gasteiger partial charge in [0, 0.05) is 45.3 Å². The summed E-state index contributed by atoms with van der Waals surface area (Å²) in [5.74, 6) is -0.0878. The van der Waals surface area contributed by atoms with Crippen LogP contribution in [0.15, 0.2) is 48.5 Å². The lowest BCUT2D eigenvalue weighted by Gasteiger charge is -2.35. The van der Waals surface area contributed by atoms with E-state index in [0.29, 0.717) is 25.2 Å². The van der Waals surface area contributed by atoms with Crippen molar-refractivity contribution in [2.24, 2.45) is 0 Å². The molecule has 0 aromatic heterocycles. The van der Waals surface area contributed by atoms with Crippen LogP contribution in [-0.2, 0) is 11.3 Å². The van der Waals surface area contributed by atoms with E-state index < -0.39 is 5.60 Å². The molecule has 1 aliphatic rings. The summed E-state index contributed by atoms with van der Waals surface area (Å²) in [7, 11) is 1.65. The highest BCUT2D eigenvalue weighted by Gasteiger charge is 2.26. The van der Waals surface area contributed by atoms with Gasteiger partial charge in [-0.2, -0.15) is 0 Å². The zero-order valence-corrected chi connectivity index (χ0v) is 18.3. The molecular formula is C24H31N3O3. The first-order valence-electron chi connectivity index (χ1n) is 10.4. The van der Waals surface area contributed by atoms with Gasteiger partial charge < -0.3 is 15.0 Å². The molecule has 1 fully saturated rings. The first kappa shape index (κ1) is 21.8. The maximum absolute atomic E-state index is 12.5. The molecule has 1 saturated heterocycles. The summed E-state index contributed by atoms with van der Waals surface area (Å²) in [6.45, 7) is 9.01. The Morgan fingerprint density at radius 3 is 2.23 bits per heavy atom. The summed E-state index contributed by atoms with van der Waals surface area (Å²) < 4.78 is 5.47. The van der Waals surface area contributed by atoms with Gasteiger partial charge in [0.1, 0.15) is 5.60 Å². The number of benzene rings is 2. The molecule has 6 heteroatoms. The molecule has 0 bridgehead atoms. The van der Waals surface area contributed by atoms with E-state index in [4.69, 9.17) is 4.74 Å². The third kappa shape index (κ3) is 5.60. The van der Waals surface area contributed by atoms with Gasteiger partial charge in [0.2, 0.25) is 0 Å². The molecule has 1 heterocycles. The zero-order valence-electron chi connectivity index (χ0n) is 18.3. The van der Waals surface area contributed by atoms with Crippen LogP contribution in [0.3, 0.4) is 0 Å². The van der Waals surface area contributed by atoms with Gasteiger partial charge in [-0.15, -0.1) is 0 Å². The van der Waals surface area contributed by atoms with Crippen molar-refractivity contribution in [2.45, 2.75) is 32.9 Å². The zero-order chi connectivity index (χ0) is 21.7. The minimum Gasteiger partial charge on any atom is -0.444 e. The Morgan fingerprint density at radius 1 is 0.967 bits per heavy atom. The van der Waals surface area contributed by atoms with Crippen molar-refractivity contribution in [1.29, 1.82) is 0 Å². The maximum Gasteiger partial charge on any atom is 0.410 e. The van der Waals surface area contributed by atoms with Gasteiger partial charge in [0.25, 0.3) is 5.91 Å². The fourth-order valence-corrected chi connectivity index (χ4v) is 3.53. The van der Waals surface area contributed by atoms with E-state index in [0.717, 1.165) is 29.8 Å². The molecule has 2 aromatic carbocycles. The van der Waals surface area contributed by atoms with Crippen molar-refractivity contribution in [3.8, 4) is 11.1 Å². The van der Waals surface area contributed by atoms with Crippen molar-refractivity contribution < 1.29 is 14.3 Å². The Labute approximate surface area is 178 Å². The van der Waals surface area contributed by atoms with E-state index in [9.17, 15) is 9.59 Å². The van der Waals surface area contributed by atoms with E-state index in [1.807, 2.05) is 63.2 Å². The number of nitrogens with zero attached hydrogens (tertiary/aromatic N) is 2. The van der Waals surface area contributed by atoms with Crippen LogP contribution in [0.1, 0.15) is 36.7 Å². The first-order valence-corrected chi connectivity index (χ1v) is 10.4. The smallest absolute Gasteiger partial charge is 0.410 e. The number of amides is 2. The second-order valence-corrected chi connectivity index (χ2v) is 8.56. The van der Waals surface area contributed by atoms with E-state index in [1.54, 1.807) is 11.9 Å². The summed E-state index contributed by atoms with van der Waals surface area (Å²) in [4.78, 5) is 28.8. The highest BCUT2D eigenvalue weighted by molar-refractivity contribution is 5.96. The van der Waals surface area contributed by atoms with Gasteiger partial charge in [0.05, 0.1) is 0 Å². The summed E-state index contributed by atoms with van der Waals surface area (Å²) >= 11 is 0. The van der Waals surface area contributed by atoms with Crippen LogP contribution in [0, 0.1) is 0 Å². The molecular weight excluding hydrogens is 378 g/mol. The molecule has 0 unspecified atom stereocenters. The third-order valence-corrected chi connectivity index (χ3v) is 5.11. The lowest BCUT2D eigenvalue weighted by Crippen LogP contribution is -2.49. The average molecular weight is 410 g/mol. The topological polar surface area (TPSA) is 61.9 Å². The molecule has 6 nitrogen and oxygen atoms in total. The van der Waals surface area contributed by atoms with Gasteiger partial charge in [0.15, 0.2) is 0 Å². The van der Waals surface area contributed by atoms with Crippen LogP contribution in [-0.4, -0.2) is 60.6 Å². The lowest BCUT2D eigenvalue weighted by atomic mass is 9.98. The molecule has 2 amide bonds. The number of carbonyl (C=O) groups is 2. The first-order chi connectivity index (χ1) is 14.3. The highest BCUT2D eigenvalue weighted by atomic mass is 16.6. The quantitative estimate of drug-likeness (QED) is 0.835. The Bertz CT molecular complexity index is 882. The summed E-state index contributed by atoms with van der Waals surface area (Å²) in [5, 5.41) is 2.75. The fourth-order valence-electron chi connectivity index (χ4n) is 3.53. The van der Waals surface area contributed by atoms with E-state index >= 15 is 0 Å². The van der Waals surface area contributed by atoms with Crippen LogP contribution in [0.25, 0.3) is 11.1 Å². The second-order valence-electron chi connectivity index (χ2n) is 8.56. The maximum atomic E-state index is 12.5. The van der Waals surface area contributed by atoms with Gasteiger partial charge in [-0.05, 0) is 43.5 Å². The molecule has 3 rings (SSSR count). The van der Waals surface area contributed by atoms with E-state index in [2.05, 4.69) is 16.3 Å². The van der Waals surface area contributed by atoms with Gasteiger partial charge in [-0.1, -0.05) is 42.5 Å². The molecule has 0 radical (unpaired) electrons. The molecule has 1 aliphatic heterocycles. The molecule has 0 saturated carbocycles. The summed E-state index contributed by atoms with van der Waals surface area (Å²) in [6, 6.07) is 16.1. The Hall–Kier alpha value is -2.86. The number of nitrogens with one attached hydrogen (secondary N) is 1. The number of rotatable bonds is 4. The predicted molar refractivity (Wildman–Crippen MR) is 118 cm³/mol. The average Bonchev–Trinajstić information content (AvgIpc) is 2.73. The van der Waals surface area contributed by atoms with E-state index in [-0.39, 0.29) is 12.0 Å². The van der Waals surface area contributed by atoms with Gasteiger partial charge >= 0.3 is 6.09 Å². The highest BCUT2D eigenvalue weighted by Crippen LogP contribution is 2.24. The summed E-state index contributed by atoms with van der Waals surface area (Å²) in [5.41, 5.74) is 3.29. The number of carbonyl (C=O) groups excluding carboxylic acids is 2. The summed E-state index contributed by atoms with van der Waals surface area (Å²) in [6.07, 6.45) is -0.264. The molecule has 0 aliphatic carbocycles. The minimum absolute atomic E-state index is 0.0878. The fraction of sp³-hybridized carbons (Fsp3) is 0.417. The van der Waals surface area contributed by atoms with Crippen molar-refractivity contribution >= 4 is 12.0 Å². The minimum atomic E-state index is -0.489. The monoisotopic (exact) mass is 409 g/mol. The van der Waals surface area contributed by atoms with Crippen molar-refractivity contribution in [2.75, 3.05) is 33.2 Å². The van der Waals surface area contributed by atoms with Crippen molar-refractivity contribution in [3.63, 3.8) is 0 Å². The van der Waals surface area contributed by atoms with Gasteiger partial charge in [-0.25, -0.2) is 4.79 Å². The lowest BCUT2D eigenvalue weighted by molar-refractivity contribution is 0.0139. The van der Waals surface area contributed by atoms with Crippen LogP contribution < -0.4 is 5.32 Å². The molecule has 0 spiro atoms. The van der Waals surface area contributed by atoms with Gasteiger partial charge in [-0.3, -0.25) is 9.69 Å². The largest absolute Gasteiger partial charge is 0.444 e. The molecule has 30 heavy (non-hydrogen) atoms. The van der Waals surface area contributed by atoms with Crippen LogP contribution >= 0.6 is 0 Å². The normalized spacial score (nSPS) is 15.0. The molecule has 160 valence electrons. The Kier molecular flexibility index (Phi) is 6.77. The van der Waals surface area contributed by atoms with Crippen LogP contribution in [0.2, 0.25) is 0 Å². The predicted octanol–water partition coefficient (Wildman–Crippen LogP) is 3.77. The van der Waals surface area contributed by atoms with E-state index in [1.165, 1.54) is 0 Å². The van der Waals surface area contributed by atoms with Crippen molar-refractivity contribution in [1.82, 2.24) is 15.1 Å². The number of piperazine rings is 1. The standard InChI is InChI=1S/C24H31N3O3/c1-24(2,3)30-23(29)27-14-12-26(13-15-27)17-20-11-10-19(16-21(20)22(28)25-4)18-8-6-5-7-9-18/h5-11,16H,12-15,17H2,1-4H3,(H,25,28). The molecule has 0 atom stereocenters. The second kappa shape index (κ2) is 9.30. The Balaban J connectivity index is 1.69. The van der Waals surface area contributed by atoms with Crippen LogP contribution in [0.4, 0.5) is 4.79 Å². The SMILES string of the molecule is CNC(=O)c1cc(-c2ccccc2)ccc1CN1CCN(C(=O)OC(C)(C)C)CC1. The molecule has 2 aromatic rings. The number of hydrogen-bond donors (Lipinski definition) is 1. The molecule has 1 N–H and O–H groups in total. The number of ether oxygens (including phenoxy) is 1. The van der Waals surface area contributed by atoms with Crippen LogP contribution in [0.5, 0.6) is 0 Å². The number of hydrogen-bond acceptors (Lipinski definition) is 4. The van der Waals surface area contributed by atoms with Crippen molar-refractivity contribution in [3.05, 3.63) is 59.7 Å². The Morgan fingerprint density at radius 2 is 1.63 bits per heavy atom. The third-order valence-electron chi connectivity index (χ3n) is 5.11.